The molecule has 2 aromatic rings. The third kappa shape index (κ3) is 5.28. The Kier molecular flexibility index (Phi) is 7.72. The molecule has 3 amide bonds. The minimum Gasteiger partial charge on any atom is -0.379 e. The maximum atomic E-state index is 13.3. The maximum absolute atomic E-state index is 13.3. The van der Waals surface area contributed by atoms with Crippen LogP contribution in [0.1, 0.15) is 52.9 Å². The summed E-state index contributed by atoms with van der Waals surface area (Å²) in [6.45, 7) is 1.22. The fourth-order valence-electron chi connectivity index (χ4n) is 5.30. The molecule has 0 unspecified atom stereocenters. The number of aryl methyl sites for hydroxylation is 1. The highest BCUT2D eigenvalue weighted by atomic mass is 16.5. The number of hydrogen-bond donors (Lipinski definition) is 2. The van der Waals surface area contributed by atoms with Gasteiger partial charge in [-0.3, -0.25) is 19.8 Å². The van der Waals surface area contributed by atoms with Gasteiger partial charge in [0, 0.05) is 58.1 Å². The van der Waals surface area contributed by atoms with Crippen LogP contribution < -0.4 is 15.5 Å². The topological polar surface area (TPSA) is 150 Å². The van der Waals surface area contributed by atoms with Crippen LogP contribution in [0.4, 0.5) is 22.1 Å². The zero-order valence-corrected chi connectivity index (χ0v) is 22.0. The summed E-state index contributed by atoms with van der Waals surface area (Å²) in [4.78, 5) is 49.7. The first kappa shape index (κ1) is 26.5. The van der Waals surface area contributed by atoms with Crippen LogP contribution in [0.5, 0.6) is 0 Å². The van der Waals surface area contributed by atoms with Gasteiger partial charge >= 0.3 is 6.03 Å². The average Bonchev–Trinajstić information content (AvgIpc) is 3.29. The Balaban J connectivity index is 1.34. The number of nitriles is 1. The van der Waals surface area contributed by atoms with Gasteiger partial charge in [0.2, 0.25) is 0 Å². The Morgan fingerprint density at radius 2 is 2.08 bits per heavy atom. The van der Waals surface area contributed by atoms with Gasteiger partial charge in [-0.1, -0.05) is 0 Å². The SMILES string of the molecule is CO[C@@H]1CCN(Cc2cc3c(nc2C=O)N(C(=O)Nc2cc(N[C@@H]4CC[C@H]4OC)c(C#N)cn2)CCC3)C1=O. The van der Waals surface area contributed by atoms with Crippen LogP contribution in [0.15, 0.2) is 18.3 Å². The fraction of sp³-hybridized carbons (Fsp3) is 0.481. The summed E-state index contributed by atoms with van der Waals surface area (Å²) >= 11 is 0. The number of aldehydes is 1. The van der Waals surface area contributed by atoms with Gasteiger partial charge in [0.25, 0.3) is 5.91 Å². The number of carbonyl (C=O) groups excluding carboxylic acids is 3. The van der Waals surface area contributed by atoms with E-state index in [1.165, 1.54) is 18.2 Å². The number of ether oxygens (including phenoxy) is 2. The number of urea groups is 1. The van der Waals surface area contributed by atoms with Gasteiger partial charge in [-0.15, -0.1) is 0 Å². The first-order chi connectivity index (χ1) is 18.9. The molecule has 1 saturated heterocycles. The second kappa shape index (κ2) is 11.3. The second-order valence-electron chi connectivity index (χ2n) is 9.92. The van der Waals surface area contributed by atoms with Crippen LogP contribution in [-0.2, 0) is 27.2 Å². The predicted molar refractivity (Wildman–Crippen MR) is 142 cm³/mol. The molecule has 3 aliphatic rings. The van der Waals surface area contributed by atoms with E-state index in [4.69, 9.17) is 9.47 Å². The lowest BCUT2D eigenvalue weighted by molar-refractivity contribution is -0.136. The lowest BCUT2D eigenvalue weighted by Gasteiger charge is -2.36. The summed E-state index contributed by atoms with van der Waals surface area (Å²) in [7, 11) is 3.17. The van der Waals surface area contributed by atoms with E-state index in [1.54, 1.807) is 18.1 Å². The molecule has 0 aromatic carbocycles. The first-order valence-corrected chi connectivity index (χ1v) is 13.0. The highest BCUT2D eigenvalue weighted by molar-refractivity contribution is 6.02. The normalized spacial score (nSPS) is 22.1. The van der Waals surface area contributed by atoms with Gasteiger partial charge in [-0.2, -0.15) is 5.26 Å². The third-order valence-electron chi connectivity index (χ3n) is 7.64. The van der Waals surface area contributed by atoms with Crippen molar-refractivity contribution in [3.63, 3.8) is 0 Å². The molecule has 2 fully saturated rings. The third-order valence-corrected chi connectivity index (χ3v) is 7.64. The van der Waals surface area contributed by atoms with E-state index in [-0.39, 0.29) is 36.1 Å². The molecule has 5 rings (SSSR count). The predicted octanol–water partition coefficient (Wildman–Crippen LogP) is 2.48. The van der Waals surface area contributed by atoms with Crippen molar-refractivity contribution < 1.29 is 23.9 Å². The van der Waals surface area contributed by atoms with Crippen molar-refractivity contribution in [2.45, 2.75) is 56.9 Å². The molecule has 2 N–H and O–H groups in total. The van der Waals surface area contributed by atoms with Crippen molar-refractivity contribution >= 4 is 35.5 Å². The minimum atomic E-state index is -0.462. The Hall–Kier alpha value is -4.08. The highest BCUT2D eigenvalue weighted by Gasteiger charge is 2.33. The Morgan fingerprint density at radius 1 is 1.23 bits per heavy atom. The van der Waals surface area contributed by atoms with Crippen molar-refractivity contribution in [1.29, 1.82) is 5.26 Å². The van der Waals surface area contributed by atoms with Crippen molar-refractivity contribution in [3.05, 3.63) is 40.7 Å². The zero-order chi connectivity index (χ0) is 27.5. The van der Waals surface area contributed by atoms with E-state index in [9.17, 15) is 19.6 Å². The smallest absolute Gasteiger partial charge is 0.328 e. The average molecular weight is 534 g/mol. The quantitative estimate of drug-likeness (QED) is 0.488. The molecule has 1 saturated carbocycles. The summed E-state index contributed by atoms with van der Waals surface area (Å²) in [5.41, 5.74) is 2.62. The number of nitrogens with zero attached hydrogens (tertiary/aromatic N) is 5. The van der Waals surface area contributed by atoms with Crippen LogP contribution in [-0.4, -0.2) is 78.7 Å². The first-order valence-electron chi connectivity index (χ1n) is 13.0. The summed E-state index contributed by atoms with van der Waals surface area (Å²) in [5, 5.41) is 15.6. The Labute approximate surface area is 226 Å². The molecule has 39 heavy (non-hydrogen) atoms. The largest absolute Gasteiger partial charge is 0.379 e. The molecule has 12 nitrogen and oxygen atoms in total. The van der Waals surface area contributed by atoms with E-state index < -0.39 is 12.1 Å². The number of amides is 3. The number of anilines is 3. The molecule has 3 atom stereocenters. The van der Waals surface area contributed by atoms with Crippen LogP contribution >= 0.6 is 0 Å². The van der Waals surface area contributed by atoms with Gasteiger partial charge in [-0.05, 0) is 37.3 Å². The molecule has 2 aliphatic heterocycles. The number of nitrogens with one attached hydrogen (secondary N) is 2. The number of rotatable bonds is 8. The minimum absolute atomic E-state index is 0.0700. The van der Waals surface area contributed by atoms with Crippen LogP contribution in [0.3, 0.4) is 0 Å². The van der Waals surface area contributed by atoms with Crippen molar-refractivity contribution in [1.82, 2.24) is 14.9 Å². The van der Waals surface area contributed by atoms with Crippen molar-refractivity contribution in [2.24, 2.45) is 0 Å². The van der Waals surface area contributed by atoms with Gasteiger partial charge in [0.1, 0.15) is 29.5 Å². The summed E-state index contributed by atoms with van der Waals surface area (Å²) < 4.78 is 10.7. The van der Waals surface area contributed by atoms with E-state index in [0.717, 1.165) is 18.4 Å². The number of aromatic nitrogens is 2. The van der Waals surface area contributed by atoms with Gasteiger partial charge in [0.15, 0.2) is 6.29 Å². The number of fused-ring (bicyclic) bond motifs is 1. The number of carbonyl (C=O) groups is 3. The van der Waals surface area contributed by atoms with E-state index in [1.807, 2.05) is 6.07 Å². The lowest BCUT2D eigenvalue weighted by atomic mass is 9.88. The molecular weight excluding hydrogens is 502 g/mol. The van der Waals surface area contributed by atoms with Crippen LogP contribution in [0.2, 0.25) is 0 Å². The van der Waals surface area contributed by atoms with E-state index >= 15 is 0 Å². The standard InChI is InChI=1S/C27H31N7O5/c1-38-22-6-5-19(22)30-20-11-24(29-13-18(20)12-28)32-27(37)34-8-3-4-16-10-17(21(15-35)31-25(16)34)14-33-9-7-23(39-2)26(33)36/h10-11,13,15,19,22-23H,3-9,14H2,1-2H3,(H2,29,30,32,37)/t19-,22-,23-/m1/s1. The second-order valence-corrected chi connectivity index (χ2v) is 9.92. The zero-order valence-electron chi connectivity index (χ0n) is 22.0. The number of methoxy groups -OCH3 is 2. The van der Waals surface area contributed by atoms with Crippen LogP contribution in [0, 0.1) is 11.3 Å². The summed E-state index contributed by atoms with van der Waals surface area (Å²) in [6.07, 6.45) is 5.56. The fourth-order valence-corrected chi connectivity index (χ4v) is 5.30. The van der Waals surface area contributed by atoms with Gasteiger partial charge in [0.05, 0.1) is 23.4 Å². The molecule has 2 aromatic heterocycles. The highest BCUT2D eigenvalue weighted by Crippen LogP contribution is 2.31. The van der Waals surface area contributed by atoms with Gasteiger partial charge < -0.3 is 19.7 Å². The molecular formula is C27H31N7O5. The number of hydrogen-bond acceptors (Lipinski definition) is 9. The van der Waals surface area contributed by atoms with E-state index in [2.05, 4.69) is 26.7 Å². The van der Waals surface area contributed by atoms with Crippen molar-refractivity contribution in [2.75, 3.05) is 42.8 Å². The number of likely N-dealkylation sites (tertiary alicyclic amines) is 1. The lowest BCUT2D eigenvalue weighted by Crippen LogP contribution is -2.44. The molecule has 1 aliphatic carbocycles. The Bertz CT molecular complexity index is 1320. The molecule has 0 spiro atoms. The molecule has 12 heteroatoms. The maximum Gasteiger partial charge on any atom is 0.328 e. The van der Waals surface area contributed by atoms with Crippen molar-refractivity contribution in [3.8, 4) is 6.07 Å². The molecule has 0 bridgehead atoms. The number of pyridine rings is 2. The molecule has 4 heterocycles. The monoisotopic (exact) mass is 533 g/mol. The summed E-state index contributed by atoms with van der Waals surface area (Å²) in [6, 6.07) is 5.28. The van der Waals surface area contributed by atoms with Crippen LogP contribution in [0.25, 0.3) is 0 Å². The van der Waals surface area contributed by atoms with Gasteiger partial charge in [-0.25, -0.2) is 14.8 Å². The summed E-state index contributed by atoms with van der Waals surface area (Å²) in [5.74, 6) is 0.595. The Morgan fingerprint density at radius 3 is 2.74 bits per heavy atom. The van der Waals surface area contributed by atoms with E-state index in [0.29, 0.717) is 61.3 Å². The molecule has 204 valence electrons. The molecule has 0 radical (unpaired) electrons.